The summed E-state index contributed by atoms with van der Waals surface area (Å²) in [6, 6.07) is 5.51. The number of halogens is 1. The maximum absolute atomic E-state index is 13.4. The molecule has 1 fully saturated rings. The largest absolute Gasteiger partial charge is 0.326 e. The van der Waals surface area contributed by atoms with Gasteiger partial charge in [0.05, 0.1) is 0 Å². The van der Waals surface area contributed by atoms with E-state index in [1.807, 2.05) is 6.07 Å². The number of hydrogen-bond donors (Lipinski definition) is 1. The molecule has 1 aromatic carbocycles. The monoisotopic (exact) mass is 265 g/mol. The van der Waals surface area contributed by atoms with Crippen molar-refractivity contribution in [1.82, 2.24) is 9.80 Å². The van der Waals surface area contributed by atoms with Gasteiger partial charge < -0.3 is 10.6 Å². The van der Waals surface area contributed by atoms with Crippen molar-refractivity contribution in [1.29, 1.82) is 0 Å². The summed E-state index contributed by atoms with van der Waals surface area (Å²) >= 11 is 0. The molecule has 0 amide bonds. The smallest absolute Gasteiger partial charge is 0.123 e. The van der Waals surface area contributed by atoms with Crippen LogP contribution in [-0.2, 0) is 13.1 Å². The van der Waals surface area contributed by atoms with Gasteiger partial charge in [-0.1, -0.05) is 6.07 Å². The van der Waals surface area contributed by atoms with E-state index in [1.165, 1.54) is 18.9 Å². The lowest BCUT2D eigenvalue weighted by Crippen LogP contribution is -2.37. The Morgan fingerprint density at radius 1 is 1.37 bits per heavy atom. The third-order valence-corrected chi connectivity index (χ3v) is 3.84. The first-order valence-corrected chi connectivity index (χ1v) is 6.96. The highest BCUT2D eigenvalue weighted by atomic mass is 19.1. The quantitative estimate of drug-likeness (QED) is 0.881. The van der Waals surface area contributed by atoms with Gasteiger partial charge in [0.15, 0.2) is 0 Å². The minimum absolute atomic E-state index is 0.171. The van der Waals surface area contributed by atoms with Gasteiger partial charge in [0.1, 0.15) is 5.82 Å². The molecular weight excluding hydrogens is 241 g/mol. The van der Waals surface area contributed by atoms with Gasteiger partial charge in [-0.25, -0.2) is 4.39 Å². The molecule has 106 valence electrons. The van der Waals surface area contributed by atoms with Crippen LogP contribution in [0.15, 0.2) is 18.2 Å². The Morgan fingerprint density at radius 3 is 2.84 bits per heavy atom. The molecule has 0 radical (unpaired) electrons. The highest BCUT2D eigenvalue weighted by molar-refractivity contribution is 5.28. The zero-order chi connectivity index (χ0) is 13.8. The lowest BCUT2D eigenvalue weighted by molar-refractivity contribution is 0.200. The van der Waals surface area contributed by atoms with Crippen molar-refractivity contribution in [2.24, 2.45) is 5.73 Å². The van der Waals surface area contributed by atoms with E-state index in [4.69, 9.17) is 5.73 Å². The second kappa shape index (κ2) is 6.46. The minimum Gasteiger partial charge on any atom is -0.326 e. The molecule has 1 aromatic rings. The summed E-state index contributed by atoms with van der Waals surface area (Å²) in [5.41, 5.74) is 7.83. The van der Waals surface area contributed by atoms with E-state index in [9.17, 15) is 4.39 Å². The fourth-order valence-corrected chi connectivity index (χ4v) is 2.89. The highest BCUT2D eigenvalue weighted by Crippen LogP contribution is 2.22. The first kappa shape index (κ1) is 14.4. The van der Waals surface area contributed by atoms with Crippen molar-refractivity contribution in [2.75, 3.05) is 27.2 Å². The molecule has 19 heavy (non-hydrogen) atoms. The Balaban J connectivity index is 2.09. The van der Waals surface area contributed by atoms with Crippen molar-refractivity contribution in [3.8, 4) is 0 Å². The van der Waals surface area contributed by atoms with Gasteiger partial charge in [-0.3, -0.25) is 4.90 Å². The molecule has 1 atom stereocenters. The molecule has 0 aromatic heterocycles. The molecule has 0 spiro atoms. The van der Waals surface area contributed by atoms with Crippen LogP contribution in [0.2, 0.25) is 0 Å². The second-order valence-corrected chi connectivity index (χ2v) is 5.65. The summed E-state index contributed by atoms with van der Waals surface area (Å²) < 4.78 is 13.4. The van der Waals surface area contributed by atoms with Gasteiger partial charge >= 0.3 is 0 Å². The van der Waals surface area contributed by atoms with Crippen LogP contribution in [0.3, 0.4) is 0 Å². The average Bonchev–Trinajstić information content (AvgIpc) is 2.76. The number of hydrogen-bond acceptors (Lipinski definition) is 3. The Hall–Kier alpha value is -0.970. The molecule has 2 N–H and O–H groups in total. The zero-order valence-corrected chi connectivity index (χ0v) is 11.9. The number of nitrogens with two attached hydrogens (primary N) is 1. The molecule has 0 bridgehead atoms. The predicted octanol–water partition coefficient (Wildman–Crippen LogP) is 1.81. The standard InChI is InChI=1S/C15H24FN3/c1-18(2)11-15-4-3-7-19(15)10-13-8-14(16)6-5-12(13)9-17/h5-6,8,15H,3-4,7,9-11,17H2,1-2H3. The van der Waals surface area contributed by atoms with Gasteiger partial charge in [0, 0.05) is 25.7 Å². The normalized spacial score (nSPS) is 20.4. The van der Waals surface area contributed by atoms with Crippen LogP contribution in [0.1, 0.15) is 24.0 Å². The van der Waals surface area contributed by atoms with Crippen LogP contribution in [0.25, 0.3) is 0 Å². The highest BCUT2D eigenvalue weighted by Gasteiger charge is 2.25. The van der Waals surface area contributed by atoms with E-state index in [2.05, 4.69) is 23.9 Å². The Morgan fingerprint density at radius 2 is 2.16 bits per heavy atom. The number of benzene rings is 1. The van der Waals surface area contributed by atoms with Gasteiger partial charge in [-0.15, -0.1) is 0 Å². The first-order chi connectivity index (χ1) is 9.10. The lowest BCUT2D eigenvalue weighted by atomic mass is 10.1. The third-order valence-electron chi connectivity index (χ3n) is 3.84. The first-order valence-electron chi connectivity index (χ1n) is 6.96. The Bertz CT molecular complexity index is 420. The summed E-state index contributed by atoms with van der Waals surface area (Å²) in [4.78, 5) is 4.67. The fraction of sp³-hybridized carbons (Fsp3) is 0.600. The van der Waals surface area contributed by atoms with E-state index >= 15 is 0 Å². The van der Waals surface area contributed by atoms with Gasteiger partial charge in [0.25, 0.3) is 0 Å². The van der Waals surface area contributed by atoms with Crippen LogP contribution >= 0.6 is 0 Å². The molecule has 1 unspecified atom stereocenters. The van der Waals surface area contributed by atoms with E-state index in [0.717, 1.165) is 30.8 Å². The Labute approximate surface area is 115 Å². The molecule has 0 saturated carbocycles. The van der Waals surface area contributed by atoms with Crippen molar-refractivity contribution in [3.05, 3.63) is 35.1 Å². The molecule has 4 heteroatoms. The summed E-state index contributed by atoms with van der Waals surface area (Å²) in [5.74, 6) is -0.171. The maximum atomic E-state index is 13.4. The molecule has 1 aliphatic heterocycles. The van der Waals surface area contributed by atoms with Crippen molar-refractivity contribution < 1.29 is 4.39 Å². The van der Waals surface area contributed by atoms with Crippen LogP contribution in [0.5, 0.6) is 0 Å². The lowest BCUT2D eigenvalue weighted by Gasteiger charge is -2.27. The minimum atomic E-state index is -0.171. The molecule has 0 aliphatic carbocycles. The second-order valence-electron chi connectivity index (χ2n) is 5.65. The maximum Gasteiger partial charge on any atom is 0.123 e. The van der Waals surface area contributed by atoms with E-state index in [1.54, 1.807) is 6.07 Å². The average molecular weight is 265 g/mol. The number of rotatable bonds is 5. The molecule has 1 aliphatic rings. The van der Waals surface area contributed by atoms with Crippen LogP contribution in [0.4, 0.5) is 4.39 Å². The Kier molecular flexibility index (Phi) is 4.91. The van der Waals surface area contributed by atoms with E-state index < -0.39 is 0 Å². The predicted molar refractivity (Wildman–Crippen MR) is 76.3 cm³/mol. The molecule has 1 saturated heterocycles. The number of likely N-dealkylation sites (N-methyl/N-ethyl adjacent to an activating group) is 1. The van der Waals surface area contributed by atoms with E-state index in [-0.39, 0.29) is 5.82 Å². The van der Waals surface area contributed by atoms with Crippen LogP contribution < -0.4 is 5.73 Å². The summed E-state index contributed by atoms with van der Waals surface area (Å²) in [6.07, 6.45) is 2.46. The van der Waals surface area contributed by atoms with Crippen LogP contribution in [0, 0.1) is 5.82 Å². The third kappa shape index (κ3) is 3.75. The van der Waals surface area contributed by atoms with Gasteiger partial charge in [-0.2, -0.15) is 0 Å². The molecule has 2 rings (SSSR count). The SMILES string of the molecule is CN(C)CC1CCCN1Cc1cc(F)ccc1CN. The summed E-state index contributed by atoms with van der Waals surface area (Å²) in [7, 11) is 4.20. The molecular formula is C15H24FN3. The number of likely N-dealkylation sites (tertiary alicyclic amines) is 1. The topological polar surface area (TPSA) is 32.5 Å². The molecule has 3 nitrogen and oxygen atoms in total. The molecule has 1 heterocycles. The van der Waals surface area contributed by atoms with Crippen molar-refractivity contribution in [3.63, 3.8) is 0 Å². The van der Waals surface area contributed by atoms with Gasteiger partial charge in [0.2, 0.25) is 0 Å². The zero-order valence-electron chi connectivity index (χ0n) is 11.9. The summed E-state index contributed by atoms with van der Waals surface area (Å²) in [6.45, 7) is 3.44. The van der Waals surface area contributed by atoms with E-state index in [0.29, 0.717) is 12.6 Å². The fourth-order valence-electron chi connectivity index (χ4n) is 2.89. The van der Waals surface area contributed by atoms with Crippen molar-refractivity contribution in [2.45, 2.75) is 32.0 Å². The van der Waals surface area contributed by atoms with Crippen LogP contribution in [-0.4, -0.2) is 43.0 Å². The van der Waals surface area contributed by atoms with Crippen molar-refractivity contribution >= 4 is 0 Å². The number of nitrogens with zero attached hydrogens (tertiary/aromatic N) is 2. The summed E-state index contributed by atoms with van der Waals surface area (Å²) in [5, 5.41) is 0. The van der Waals surface area contributed by atoms with Gasteiger partial charge in [-0.05, 0) is 56.7 Å².